The maximum absolute atomic E-state index is 11.7. The number of anilines is 1. The average molecular weight is 385 g/mol. The Bertz CT molecular complexity index is 891. The number of fused-ring (bicyclic) bond motifs is 1. The Labute approximate surface area is 164 Å². The summed E-state index contributed by atoms with van der Waals surface area (Å²) in [6.07, 6.45) is -0.244. The molecule has 0 spiro atoms. The van der Waals surface area contributed by atoms with Gasteiger partial charge in [-0.25, -0.2) is 14.8 Å². The highest BCUT2D eigenvalue weighted by Crippen LogP contribution is 2.47. The van der Waals surface area contributed by atoms with Gasteiger partial charge in [-0.2, -0.15) is 0 Å². The SMILES string of the molecule is COC(=O)N1C[C@@H]2[C@H](C1)[C@H]2Nc1nc(C(C)C)nc(-c2c(C)noc2C)c1C. The number of aromatic nitrogens is 3. The fraction of sp³-hybridized carbons (Fsp3) is 0.600. The van der Waals surface area contributed by atoms with Crippen LogP contribution in [0.5, 0.6) is 0 Å². The van der Waals surface area contributed by atoms with Crippen molar-refractivity contribution in [1.82, 2.24) is 20.0 Å². The summed E-state index contributed by atoms with van der Waals surface area (Å²) < 4.78 is 10.2. The largest absolute Gasteiger partial charge is 0.453 e. The van der Waals surface area contributed by atoms with Crippen molar-refractivity contribution in [3.05, 3.63) is 22.8 Å². The number of hydrogen-bond acceptors (Lipinski definition) is 7. The van der Waals surface area contributed by atoms with Gasteiger partial charge in [0.2, 0.25) is 0 Å². The number of likely N-dealkylation sites (tertiary alicyclic amines) is 1. The van der Waals surface area contributed by atoms with E-state index in [0.29, 0.717) is 17.9 Å². The van der Waals surface area contributed by atoms with Crippen LogP contribution in [0.1, 0.15) is 42.6 Å². The van der Waals surface area contributed by atoms with Crippen LogP contribution in [0.2, 0.25) is 0 Å². The Morgan fingerprint density at radius 2 is 1.89 bits per heavy atom. The van der Waals surface area contributed by atoms with E-state index in [2.05, 4.69) is 24.3 Å². The maximum Gasteiger partial charge on any atom is 0.409 e. The average Bonchev–Trinajstić information content (AvgIpc) is 2.97. The lowest BCUT2D eigenvalue weighted by Crippen LogP contribution is -2.33. The predicted molar refractivity (Wildman–Crippen MR) is 104 cm³/mol. The van der Waals surface area contributed by atoms with Crippen LogP contribution in [-0.2, 0) is 4.74 Å². The summed E-state index contributed by atoms with van der Waals surface area (Å²) in [4.78, 5) is 23.1. The van der Waals surface area contributed by atoms with Crippen molar-refractivity contribution in [3.63, 3.8) is 0 Å². The summed E-state index contributed by atoms with van der Waals surface area (Å²) in [5.74, 6) is 3.51. The first kappa shape index (κ1) is 18.7. The highest BCUT2D eigenvalue weighted by Gasteiger charge is 2.57. The molecule has 1 aliphatic carbocycles. The van der Waals surface area contributed by atoms with E-state index in [1.54, 1.807) is 4.90 Å². The van der Waals surface area contributed by atoms with Crippen LogP contribution in [0, 0.1) is 32.6 Å². The van der Waals surface area contributed by atoms with Gasteiger partial charge >= 0.3 is 6.09 Å². The van der Waals surface area contributed by atoms with Crippen molar-refractivity contribution in [1.29, 1.82) is 0 Å². The standard InChI is InChI=1S/C20H27N5O3/c1-9(2)18-21-16(15-11(4)24-28-12(15)5)10(3)19(23-18)22-17-13-7-25(8-14(13)17)20(26)27-6/h9,13-14,17H,7-8H2,1-6H3,(H,21,22,23)/t13-,14+,17+. The maximum atomic E-state index is 11.7. The number of nitrogens with zero attached hydrogens (tertiary/aromatic N) is 4. The van der Waals surface area contributed by atoms with Gasteiger partial charge in [0.15, 0.2) is 0 Å². The molecule has 1 N–H and O–H groups in total. The fourth-order valence-corrected chi connectivity index (χ4v) is 4.17. The molecule has 1 amide bonds. The highest BCUT2D eigenvalue weighted by molar-refractivity contribution is 5.72. The summed E-state index contributed by atoms with van der Waals surface area (Å²) >= 11 is 0. The van der Waals surface area contributed by atoms with Gasteiger partial charge in [-0.05, 0) is 20.8 Å². The molecule has 0 aromatic carbocycles. The minimum Gasteiger partial charge on any atom is -0.453 e. The third-order valence-electron chi connectivity index (χ3n) is 5.88. The van der Waals surface area contributed by atoms with E-state index < -0.39 is 0 Å². The van der Waals surface area contributed by atoms with Gasteiger partial charge in [0, 0.05) is 42.4 Å². The molecule has 1 aliphatic heterocycles. The van der Waals surface area contributed by atoms with E-state index in [9.17, 15) is 4.79 Å². The number of nitrogens with one attached hydrogen (secondary N) is 1. The molecule has 0 unspecified atom stereocenters. The molecule has 4 rings (SSSR count). The minimum absolute atomic E-state index is 0.203. The lowest BCUT2D eigenvalue weighted by Gasteiger charge is -2.20. The number of hydrogen-bond donors (Lipinski definition) is 1. The zero-order valence-electron chi connectivity index (χ0n) is 17.2. The monoisotopic (exact) mass is 385 g/mol. The van der Waals surface area contributed by atoms with E-state index >= 15 is 0 Å². The number of aryl methyl sites for hydroxylation is 2. The number of carbonyl (C=O) groups is 1. The molecule has 3 heterocycles. The van der Waals surface area contributed by atoms with Crippen LogP contribution in [0.3, 0.4) is 0 Å². The third kappa shape index (κ3) is 3.00. The highest BCUT2D eigenvalue weighted by atomic mass is 16.5. The smallest absolute Gasteiger partial charge is 0.409 e. The Morgan fingerprint density at radius 1 is 1.21 bits per heavy atom. The zero-order chi connectivity index (χ0) is 20.2. The van der Waals surface area contributed by atoms with Crippen molar-refractivity contribution >= 4 is 11.9 Å². The molecule has 8 heteroatoms. The summed E-state index contributed by atoms with van der Waals surface area (Å²) in [6, 6.07) is 0.326. The van der Waals surface area contributed by atoms with E-state index in [1.807, 2.05) is 20.8 Å². The number of carbonyl (C=O) groups excluding carboxylic acids is 1. The Balaban J connectivity index is 1.61. The summed E-state index contributed by atoms with van der Waals surface area (Å²) in [6.45, 7) is 11.5. The van der Waals surface area contributed by atoms with Crippen LogP contribution in [-0.4, -0.2) is 52.4 Å². The fourth-order valence-electron chi connectivity index (χ4n) is 4.17. The van der Waals surface area contributed by atoms with E-state index in [1.165, 1.54) is 7.11 Å². The van der Waals surface area contributed by atoms with Gasteiger partial charge in [0.1, 0.15) is 17.4 Å². The molecule has 8 nitrogen and oxygen atoms in total. The van der Waals surface area contributed by atoms with Crippen molar-refractivity contribution in [3.8, 4) is 11.3 Å². The normalized spacial score (nSPS) is 23.1. The first-order valence-electron chi connectivity index (χ1n) is 9.73. The van der Waals surface area contributed by atoms with Gasteiger partial charge < -0.3 is 19.5 Å². The molecular weight excluding hydrogens is 358 g/mol. The van der Waals surface area contributed by atoms with Crippen LogP contribution in [0.25, 0.3) is 11.3 Å². The first-order valence-corrected chi connectivity index (χ1v) is 9.73. The van der Waals surface area contributed by atoms with Gasteiger partial charge in [0.05, 0.1) is 24.1 Å². The molecule has 0 radical (unpaired) electrons. The number of piperidine rings is 1. The molecule has 1 saturated carbocycles. The van der Waals surface area contributed by atoms with Crippen molar-refractivity contribution < 1.29 is 14.1 Å². The van der Waals surface area contributed by atoms with Gasteiger partial charge in [-0.3, -0.25) is 0 Å². The molecule has 0 bridgehead atoms. The predicted octanol–water partition coefficient (Wildman–Crippen LogP) is 3.29. The molecule has 2 aromatic rings. The van der Waals surface area contributed by atoms with Crippen LogP contribution < -0.4 is 5.32 Å². The quantitative estimate of drug-likeness (QED) is 0.863. The second-order valence-corrected chi connectivity index (χ2v) is 8.13. The van der Waals surface area contributed by atoms with Crippen LogP contribution in [0.4, 0.5) is 10.6 Å². The Kier molecular flexibility index (Phi) is 4.51. The van der Waals surface area contributed by atoms with E-state index in [0.717, 1.165) is 53.0 Å². The minimum atomic E-state index is -0.244. The van der Waals surface area contributed by atoms with Gasteiger partial charge in [-0.15, -0.1) is 0 Å². The number of ether oxygens (including phenoxy) is 1. The van der Waals surface area contributed by atoms with Crippen molar-refractivity contribution in [2.24, 2.45) is 11.8 Å². The number of methoxy groups -OCH3 is 1. The molecule has 2 aromatic heterocycles. The summed E-state index contributed by atoms with van der Waals surface area (Å²) in [5, 5.41) is 7.70. The summed E-state index contributed by atoms with van der Waals surface area (Å²) in [7, 11) is 1.43. The second kappa shape index (κ2) is 6.76. The molecule has 2 fully saturated rings. The Hall–Kier alpha value is -2.64. The molecule has 150 valence electrons. The lowest BCUT2D eigenvalue weighted by molar-refractivity contribution is 0.128. The number of amides is 1. The molecule has 28 heavy (non-hydrogen) atoms. The van der Waals surface area contributed by atoms with Gasteiger partial charge in [-0.1, -0.05) is 19.0 Å². The lowest BCUT2D eigenvalue weighted by atomic mass is 10.0. The van der Waals surface area contributed by atoms with Crippen LogP contribution in [0.15, 0.2) is 4.52 Å². The Morgan fingerprint density at radius 3 is 2.43 bits per heavy atom. The molecule has 3 atom stereocenters. The van der Waals surface area contributed by atoms with Crippen molar-refractivity contribution in [2.45, 2.75) is 46.6 Å². The van der Waals surface area contributed by atoms with Crippen LogP contribution >= 0.6 is 0 Å². The second-order valence-electron chi connectivity index (χ2n) is 8.13. The van der Waals surface area contributed by atoms with E-state index in [-0.39, 0.29) is 12.0 Å². The van der Waals surface area contributed by atoms with Gasteiger partial charge in [0.25, 0.3) is 0 Å². The van der Waals surface area contributed by atoms with Crippen molar-refractivity contribution in [2.75, 3.05) is 25.5 Å². The summed E-state index contributed by atoms with van der Waals surface area (Å²) in [5.41, 5.74) is 3.64. The third-order valence-corrected chi connectivity index (χ3v) is 5.88. The topological polar surface area (TPSA) is 93.4 Å². The zero-order valence-corrected chi connectivity index (χ0v) is 17.2. The first-order chi connectivity index (χ1) is 13.3. The molecule has 2 aliphatic rings. The van der Waals surface area contributed by atoms with E-state index in [4.69, 9.17) is 19.2 Å². The molecular formula is C20H27N5O3. The molecule has 1 saturated heterocycles. The number of rotatable bonds is 4.